The van der Waals surface area contributed by atoms with Crippen LogP contribution in [0.4, 0.5) is 5.69 Å². The van der Waals surface area contributed by atoms with Crippen LogP contribution in [-0.4, -0.2) is 12.1 Å². The maximum absolute atomic E-state index is 5.30. The summed E-state index contributed by atoms with van der Waals surface area (Å²) in [5.41, 5.74) is 4.53. The first kappa shape index (κ1) is 15.4. The summed E-state index contributed by atoms with van der Waals surface area (Å²) in [6, 6.07) is 12.3. The van der Waals surface area contributed by atoms with Crippen molar-refractivity contribution in [2.75, 3.05) is 12.4 Å². The molecule has 0 aliphatic rings. The molecule has 2 aromatic rings. The first-order valence-corrected chi connectivity index (χ1v) is 7.25. The van der Waals surface area contributed by atoms with Gasteiger partial charge in [0.15, 0.2) is 0 Å². The summed E-state index contributed by atoms with van der Waals surface area (Å²) in [5.74, 6) is 0.850. The van der Waals surface area contributed by atoms with Crippen LogP contribution in [-0.2, 0) is 12.0 Å². The fourth-order valence-electron chi connectivity index (χ4n) is 2.39. The lowest BCUT2D eigenvalue weighted by Gasteiger charge is -2.23. The van der Waals surface area contributed by atoms with Gasteiger partial charge in [-0.05, 0) is 24.0 Å². The van der Waals surface area contributed by atoms with Gasteiger partial charge in [0.25, 0.3) is 0 Å². The molecule has 0 bridgehead atoms. The molecule has 0 unspecified atom stereocenters. The summed E-state index contributed by atoms with van der Waals surface area (Å²) in [4.78, 5) is 4.55. The number of hydrogen-bond acceptors (Lipinski definition) is 3. The monoisotopic (exact) mass is 284 g/mol. The largest absolute Gasteiger partial charge is 0.497 e. The lowest BCUT2D eigenvalue weighted by Crippen LogP contribution is -2.15. The zero-order valence-electron chi connectivity index (χ0n) is 13.5. The van der Waals surface area contributed by atoms with E-state index in [1.54, 1.807) is 7.11 Å². The molecule has 1 aromatic heterocycles. The summed E-state index contributed by atoms with van der Waals surface area (Å²) >= 11 is 0. The van der Waals surface area contributed by atoms with Crippen LogP contribution in [0.5, 0.6) is 5.75 Å². The highest BCUT2D eigenvalue weighted by atomic mass is 16.5. The van der Waals surface area contributed by atoms with Crippen LogP contribution in [0.1, 0.15) is 37.7 Å². The number of rotatable bonds is 4. The minimum Gasteiger partial charge on any atom is -0.497 e. The zero-order chi connectivity index (χ0) is 15.5. The quantitative estimate of drug-likeness (QED) is 0.908. The molecule has 0 saturated heterocycles. The number of para-hydroxylation sites is 1. The van der Waals surface area contributed by atoms with Gasteiger partial charge in [0.1, 0.15) is 5.75 Å². The van der Waals surface area contributed by atoms with E-state index in [1.807, 2.05) is 19.1 Å². The number of methoxy groups -OCH3 is 1. The van der Waals surface area contributed by atoms with Crippen LogP contribution in [0.3, 0.4) is 0 Å². The molecule has 0 aliphatic carbocycles. The minimum atomic E-state index is 0.112. The molecule has 1 aromatic carbocycles. The van der Waals surface area contributed by atoms with E-state index in [0.29, 0.717) is 6.54 Å². The normalized spacial score (nSPS) is 11.3. The van der Waals surface area contributed by atoms with Crippen LogP contribution in [0, 0.1) is 6.92 Å². The van der Waals surface area contributed by atoms with E-state index in [1.165, 1.54) is 5.56 Å². The van der Waals surface area contributed by atoms with E-state index in [4.69, 9.17) is 4.74 Å². The Morgan fingerprint density at radius 1 is 1.14 bits per heavy atom. The van der Waals surface area contributed by atoms with E-state index in [9.17, 15) is 0 Å². The van der Waals surface area contributed by atoms with Crippen molar-refractivity contribution >= 4 is 5.69 Å². The van der Waals surface area contributed by atoms with Crippen molar-refractivity contribution in [3.05, 3.63) is 53.3 Å². The van der Waals surface area contributed by atoms with Gasteiger partial charge in [-0.25, -0.2) is 0 Å². The van der Waals surface area contributed by atoms with E-state index in [2.05, 4.69) is 55.3 Å². The topological polar surface area (TPSA) is 34.1 Å². The third kappa shape index (κ3) is 3.97. The van der Waals surface area contributed by atoms with Crippen LogP contribution >= 0.6 is 0 Å². The highest BCUT2D eigenvalue weighted by molar-refractivity contribution is 5.54. The molecule has 0 radical (unpaired) electrons. The molecule has 1 N–H and O–H groups in total. The standard InChI is InChI=1S/C18H24N2O/c1-13-10-15(21-5)11-14(20-13)12-19-17-9-7-6-8-16(17)18(2,3)4/h6-11,19H,12H2,1-5H3. The number of hydrogen-bond donors (Lipinski definition) is 1. The van der Waals surface area contributed by atoms with Gasteiger partial charge >= 0.3 is 0 Å². The number of pyridine rings is 1. The van der Waals surface area contributed by atoms with E-state index in [-0.39, 0.29) is 5.41 Å². The van der Waals surface area contributed by atoms with Crippen molar-refractivity contribution in [3.8, 4) is 5.75 Å². The van der Waals surface area contributed by atoms with Gasteiger partial charge in [-0.15, -0.1) is 0 Å². The molecule has 3 heteroatoms. The number of aryl methyl sites for hydroxylation is 1. The smallest absolute Gasteiger partial charge is 0.122 e. The third-order valence-electron chi connectivity index (χ3n) is 3.41. The summed E-state index contributed by atoms with van der Waals surface area (Å²) in [7, 11) is 1.68. The summed E-state index contributed by atoms with van der Waals surface area (Å²) in [6.45, 7) is 9.34. The molecule has 112 valence electrons. The zero-order valence-corrected chi connectivity index (χ0v) is 13.5. The molecule has 0 fully saturated rings. The fraction of sp³-hybridized carbons (Fsp3) is 0.389. The Bertz CT molecular complexity index is 615. The van der Waals surface area contributed by atoms with E-state index in [0.717, 1.165) is 22.8 Å². The summed E-state index contributed by atoms with van der Waals surface area (Å²) in [5, 5.41) is 3.50. The van der Waals surface area contributed by atoms with Crippen LogP contribution in [0.15, 0.2) is 36.4 Å². The Morgan fingerprint density at radius 3 is 2.52 bits per heavy atom. The average Bonchev–Trinajstić information content (AvgIpc) is 2.44. The van der Waals surface area contributed by atoms with E-state index >= 15 is 0 Å². The minimum absolute atomic E-state index is 0.112. The Hall–Kier alpha value is -2.03. The molecule has 0 amide bonds. The number of ether oxygens (including phenoxy) is 1. The lowest BCUT2D eigenvalue weighted by atomic mass is 9.86. The van der Waals surface area contributed by atoms with Gasteiger partial charge < -0.3 is 10.1 Å². The highest BCUT2D eigenvalue weighted by Crippen LogP contribution is 2.29. The van der Waals surface area contributed by atoms with Crippen LogP contribution in [0.25, 0.3) is 0 Å². The van der Waals surface area contributed by atoms with Crippen molar-refractivity contribution in [1.82, 2.24) is 4.98 Å². The molecular formula is C18H24N2O. The van der Waals surface area contributed by atoms with Gasteiger partial charge in [-0.2, -0.15) is 0 Å². The van der Waals surface area contributed by atoms with E-state index < -0.39 is 0 Å². The maximum atomic E-state index is 5.30. The lowest BCUT2D eigenvalue weighted by molar-refractivity contribution is 0.413. The van der Waals surface area contributed by atoms with Crippen LogP contribution in [0.2, 0.25) is 0 Å². The van der Waals surface area contributed by atoms with Gasteiger partial charge in [-0.3, -0.25) is 4.98 Å². The molecule has 0 saturated carbocycles. The van der Waals surface area contributed by atoms with Crippen molar-refractivity contribution in [3.63, 3.8) is 0 Å². The Kier molecular flexibility index (Phi) is 4.51. The number of nitrogens with zero attached hydrogens (tertiary/aromatic N) is 1. The molecule has 0 spiro atoms. The maximum Gasteiger partial charge on any atom is 0.122 e. The predicted octanol–water partition coefficient (Wildman–Crippen LogP) is 4.31. The second-order valence-corrected chi connectivity index (χ2v) is 6.29. The van der Waals surface area contributed by atoms with Gasteiger partial charge in [0, 0.05) is 23.5 Å². The molecule has 21 heavy (non-hydrogen) atoms. The second-order valence-electron chi connectivity index (χ2n) is 6.29. The third-order valence-corrected chi connectivity index (χ3v) is 3.41. The van der Waals surface area contributed by atoms with Crippen molar-refractivity contribution in [1.29, 1.82) is 0 Å². The van der Waals surface area contributed by atoms with Crippen molar-refractivity contribution in [2.24, 2.45) is 0 Å². The van der Waals surface area contributed by atoms with Gasteiger partial charge in [0.2, 0.25) is 0 Å². The second kappa shape index (κ2) is 6.17. The first-order chi connectivity index (χ1) is 9.90. The molecule has 1 heterocycles. The molecular weight excluding hydrogens is 260 g/mol. The number of nitrogens with one attached hydrogen (secondary N) is 1. The average molecular weight is 284 g/mol. The number of anilines is 1. The Labute approximate surface area is 127 Å². The Balaban J connectivity index is 2.19. The highest BCUT2D eigenvalue weighted by Gasteiger charge is 2.17. The fourth-order valence-corrected chi connectivity index (χ4v) is 2.39. The SMILES string of the molecule is COc1cc(C)nc(CNc2ccccc2C(C)(C)C)c1. The van der Waals surface area contributed by atoms with Crippen LogP contribution < -0.4 is 10.1 Å². The summed E-state index contributed by atoms with van der Waals surface area (Å²) in [6.07, 6.45) is 0. The van der Waals surface area contributed by atoms with Gasteiger partial charge in [0.05, 0.1) is 19.3 Å². The molecule has 3 nitrogen and oxygen atoms in total. The van der Waals surface area contributed by atoms with Crippen molar-refractivity contribution < 1.29 is 4.74 Å². The molecule has 0 atom stereocenters. The number of aromatic nitrogens is 1. The number of benzene rings is 1. The predicted molar refractivity (Wildman–Crippen MR) is 88.0 cm³/mol. The first-order valence-electron chi connectivity index (χ1n) is 7.25. The van der Waals surface area contributed by atoms with Gasteiger partial charge in [-0.1, -0.05) is 39.0 Å². The molecule has 2 rings (SSSR count). The molecule has 0 aliphatic heterocycles. The summed E-state index contributed by atoms with van der Waals surface area (Å²) < 4.78 is 5.30. The Morgan fingerprint density at radius 2 is 1.86 bits per heavy atom. The van der Waals surface area contributed by atoms with Crippen molar-refractivity contribution in [2.45, 2.75) is 39.7 Å².